The molecule has 2 fully saturated rings. The van der Waals surface area contributed by atoms with Crippen LogP contribution in [0.5, 0.6) is 17.4 Å². The van der Waals surface area contributed by atoms with Gasteiger partial charge in [-0.2, -0.15) is 18.2 Å². The molecule has 3 aromatic rings. The normalized spacial score (nSPS) is 18.1. The smallest absolute Gasteiger partial charge is 0.416 e. The molecule has 11 heteroatoms. The first-order chi connectivity index (χ1) is 19.2. The van der Waals surface area contributed by atoms with Crippen molar-refractivity contribution in [3.63, 3.8) is 0 Å². The van der Waals surface area contributed by atoms with Gasteiger partial charge in [-0.15, -0.1) is 0 Å². The number of alkyl halides is 3. The molecule has 210 valence electrons. The van der Waals surface area contributed by atoms with E-state index in [0.717, 1.165) is 56.5 Å². The van der Waals surface area contributed by atoms with Crippen molar-refractivity contribution in [1.29, 1.82) is 0 Å². The van der Waals surface area contributed by atoms with E-state index in [1.807, 2.05) is 0 Å². The van der Waals surface area contributed by atoms with E-state index >= 15 is 0 Å². The molecule has 0 spiro atoms. The number of benzene rings is 2. The van der Waals surface area contributed by atoms with Crippen LogP contribution in [0.25, 0.3) is 11.4 Å². The van der Waals surface area contributed by atoms with Crippen LogP contribution < -0.4 is 15.2 Å². The van der Waals surface area contributed by atoms with E-state index in [1.54, 1.807) is 18.2 Å². The van der Waals surface area contributed by atoms with Gasteiger partial charge < -0.3 is 15.2 Å². The van der Waals surface area contributed by atoms with Crippen LogP contribution in [0, 0.1) is 0 Å². The highest BCUT2D eigenvalue weighted by Crippen LogP contribution is 2.34. The number of carbonyl (C=O) groups is 2. The molecule has 1 aromatic heterocycles. The quantitative estimate of drug-likeness (QED) is 0.390. The van der Waals surface area contributed by atoms with E-state index in [1.165, 1.54) is 18.2 Å². The Labute approximate surface area is 229 Å². The Hall–Kier alpha value is -3.99. The molecule has 1 saturated carbocycles. The third-order valence-electron chi connectivity index (χ3n) is 7.04. The zero-order valence-electron chi connectivity index (χ0n) is 21.7. The molecule has 8 nitrogen and oxygen atoms in total. The number of ketones is 1. The standard InChI is InChI=1S/C29H29F3N4O4/c30-29(31,32)19-7-9-20(10-8-19)39-21-11-12-22(18(15-21)17-36-13-2-1-3-14-36)28-34-23(27(33)38)16-26(35-28)40-25-6-4-5-24(25)37/h7-12,15-16,25H,1-6,13-14,17H2,(H2,33,38)/t25-/m0/s1. The summed E-state index contributed by atoms with van der Waals surface area (Å²) < 4.78 is 50.6. The highest BCUT2D eigenvalue weighted by Gasteiger charge is 2.30. The average molecular weight is 555 g/mol. The number of nitrogens with zero attached hydrogens (tertiary/aromatic N) is 3. The van der Waals surface area contributed by atoms with Crippen molar-refractivity contribution < 1.29 is 32.2 Å². The van der Waals surface area contributed by atoms with Crippen LogP contribution in [-0.2, 0) is 17.5 Å². The number of amides is 1. The summed E-state index contributed by atoms with van der Waals surface area (Å²) in [7, 11) is 0. The summed E-state index contributed by atoms with van der Waals surface area (Å²) in [5.74, 6) is 0.212. The molecule has 5 rings (SSSR count). The van der Waals surface area contributed by atoms with E-state index < -0.39 is 23.8 Å². The topological polar surface area (TPSA) is 108 Å². The number of halogens is 3. The molecule has 1 amide bonds. The van der Waals surface area contributed by atoms with Crippen molar-refractivity contribution >= 4 is 11.7 Å². The van der Waals surface area contributed by atoms with Crippen molar-refractivity contribution in [3.05, 3.63) is 65.4 Å². The fourth-order valence-electron chi connectivity index (χ4n) is 4.98. The number of likely N-dealkylation sites (tertiary alicyclic amines) is 1. The van der Waals surface area contributed by atoms with Crippen LogP contribution in [0.3, 0.4) is 0 Å². The largest absolute Gasteiger partial charge is 0.466 e. The molecule has 1 aliphatic heterocycles. The summed E-state index contributed by atoms with van der Waals surface area (Å²) in [6.07, 6.45) is -0.0392. The lowest BCUT2D eigenvalue weighted by molar-refractivity contribution is -0.137. The van der Waals surface area contributed by atoms with E-state index in [4.69, 9.17) is 15.2 Å². The molecular formula is C29H29F3N4O4. The first kappa shape index (κ1) is 27.6. The Morgan fingerprint density at radius 1 is 0.975 bits per heavy atom. The predicted molar refractivity (Wildman–Crippen MR) is 140 cm³/mol. The number of hydrogen-bond donors (Lipinski definition) is 1. The molecule has 1 atom stereocenters. The molecule has 2 heterocycles. The Bertz CT molecular complexity index is 1390. The summed E-state index contributed by atoms with van der Waals surface area (Å²) in [5, 5.41) is 0. The van der Waals surface area contributed by atoms with E-state index in [2.05, 4.69) is 14.9 Å². The van der Waals surface area contributed by atoms with Crippen LogP contribution in [0.15, 0.2) is 48.5 Å². The third-order valence-corrected chi connectivity index (χ3v) is 7.04. The SMILES string of the molecule is NC(=O)c1cc(O[C@H]2CCCC2=O)nc(-c2ccc(Oc3ccc(C(F)(F)F)cc3)cc2CN2CCCCC2)n1. The maximum atomic E-state index is 13.0. The van der Waals surface area contributed by atoms with Crippen molar-refractivity contribution in [2.75, 3.05) is 13.1 Å². The maximum Gasteiger partial charge on any atom is 0.416 e. The molecule has 1 saturated heterocycles. The zero-order chi connectivity index (χ0) is 28.3. The summed E-state index contributed by atoms with van der Waals surface area (Å²) in [6.45, 7) is 2.36. The minimum absolute atomic E-state index is 0.0173. The monoisotopic (exact) mass is 554 g/mol. The van der Waals surface area contributed by atoms with Crippen molar-refractivity contribution in [1.82, 2.24) is 14.9 Å². The Balaban J connectivity index is 1.49. The minimum atomic E-state index is -4.44. The molecular weight excluding hydrogens is 525 g/mol. The van der Waals surface area contributed by atoms with Gasteiger partial charge >= 0.3 is 6.18 Å². The number of carbonyl (C=O) groups excluding carboxylic acids is 2. The lowest BCUT2D eigenvalue weighted by Gasteiger charge is -2.27. The van der Waals surface area contributed by atoms with Gasteiger partial charge in [0, 0.05) is 24.6 Å². The number of hydrogen-bond acceptors (Lipinski definition) is 7. The number of nitrogens with two attached hydrogens (primary N) is 1. The van der Waals surface area contributed by atoms with Gasteiger partial charge in [0.1, 0.15) is 17.2 Å². The molecule has 0 bridgehead atoms. The predicted octanol–water partition coefficient (Wildman–Crippen LogP) is 5.54. The number of piperidine rings is 1. The van der Waals surface area contributed by atoms with Crippen LogP contribution in [0.4, 0.5) is 13.2 Å². The second-order valence-corrected chi connectivity index (χ2v) is 10.0. The average Bonchev–Trinajstić information content (AvgIpc) is 3.33. The molecule has 40 heavy (non-hydrogen) atoms. The van der Waals surface area contributed by atoms with Crippen LogP contribution in [0.1, 0.15) is 60.1 Å². The van der Waals surface area contributed by atoms with Crippen molar-refractivity contribution in [2.45, 2.75) is 57.3 Å². The number of primary amides is 1. The molecule has 0 unspecified atom stereocenters. The summed E-state index contributed by atoms with van der Waals surface area (Å²) >= 11 is 0. The zero-order valence-corrected chi connectivity index (χ0v) is 21.7. The van der Waals surface area contributed by atoms with Crippen LogP contribution >= 0.6 is 0 Å². The molecule has 2 N–H and O–H groups in total. The van der Waals surface area contributed by atoms with Crippen molar-refractivity contribution in [3.8, 4) is 28.8 Å². The van der Waals surface area contributed by atoms with E-state index in [-0.39, 0.29) is 28.9 Å². The second kappa shape index (κ2) is 11.6. The van der Waals surface area contributed by atoms with Gasteiger partial charge in [-0.3, -0.25) is 14.5 Å². The van der Waals surface area contributed by atoms with Gasteiger partial charge in [0.05, 0.1) is 5.56 Å². The summed E-state index contributed by atoms with van der Waals surface area (Å²) in [5.41, 5.74) is 6.17. The fraction of sp³-hybridized carbons (Fsp3) is 0.379. The van der Waals surface area contributed by atoms with Gasteiger partial charge in [0.15, 0.2) is 17.7 Å². The van der Waals surface area contributed by atoms with Gasteiger partial charge in [-0.05, 0) is 86.8 Å². The number of aromatic nitrogens is 2. The molecule has 2 aliphatic rings. The molecule has 2 aromatic carbocycles. The minimum Gasteiger partial charge on any atom is -0.466 e. The summed E-state index contributed by atoms with van der Waals surface area (Å²) in [4.78, 5) is 35.4. The Morgan fingerprint density at radius 2 is 1.70 bits per heavy atom. The highest BCUT2D eigenvalue weighted by molar-refractivity contribution is 5.91. The second-order valence-electron chi connectivity index (χ2n) is 10.0. The number of rotatable bonds is 8. The van der Waals surface area contributed by atoms with Gasteiger partial charge in [-0.25, -0.2) is 4.98 Å². The van der Waals surface area contributed by atoms with Gasteiger partial charge in [-0.1, -0.05) is 6.42 Å². The van der Waals surface area contributed by atoms with Gasteiger partial charge in [0.25, 0.3) is 5.91 Å². The first-order valence-corrected chi connectivity index (χ1v) is 13.2. The van der Waals surface area contributed by atoms with E-state index in [9.17, 15) is 22.8 Å². The Kier molecular flexibility index (Phi) is 8.02. The highest BCUT2D eigenvalue weighted by atomic mass is 19.4. The van der Waals surface area contributed by atoms with Crippen LogP contribution in [-0.4, -0.2) is 45.8 Å². The first-order valence-electron chi connectivity index (χ1n) is 13.2. The number of Topliss-reactive ketones (excluding diaryl/α,β-unsaturated/α-hetero) is 1. The van der Waals surface area contributed by atoms with E-state index in [0.29, 0.717) is 30.7 Å². The number of ether oxygens (including phenoxy) is 2. The fourth-order valence-corrected chi connectivity index (χ4v) is 4.98. The van der Waals surface area contributed by atoms with Gasteiger partial charge in [0.2, 0.25) is 5.88 Å². The van der Waals surface area contributed by atoms with Crippen LogP contribution in [0.2, 0.25) is 0 Å². The lowest BCUT2D eigenvalue weighted by atomic mass is 10.0. The molecule has 1 aliphatic carbocycles. The van der Waals surface area contributed by atoms with Crippen molar-refractivity contribution in [2.24, 2.45) is 5.73 Å². The lowest BCUT2D eigenvalue weighted by Crippen LogP contribution is -2.29. The third kappa shape index (κ3) is 6.59. The Morgan fingerprint density at radius 3 is 2.35 bits per heavy atom. The summed E-state index contributed by atoms with van der Waals surface area (Å²) in [6, 6.07) is 11.0. The molecule has 0 radical (unpaired) electrons. The maximum absolute atomic E-state index is 13.0.